The first-order valence-electron chi connectivity index (χ1n) is 11.7. The summed E-state index contributed by atoms with van der Waals surface area (Å²) in [6.45, 7) is 7.00. The van der Waals surface area contributed by atoms with Gasteiger partial charge in [-0.1, -0.05) is 33.1 Å². The van der Waals surface area contributed by atoms with Crippen molar-refractivity contribution in [1.82, 2.24) is 15.1 Å². The van der Waals surface area contributed by atoms with Crippen LogP contribution in [0.2, 0.25) is 0 Å². The molecule has 2 unspecified atom stereocenters. The van der Waals surface area contributed by atoms with Gasteiger partial charge >= 0.3 is 6.18 Å². The molecule has 3 rings (SSSR count). The summed E-state index contributed by atoms with van der Waals surface area (Å²) in [5.41, 5.74) is -0.508. The van der Waals surface area contributed by atoms with Crippen molar-refractivity contribution in [2.75, 3.05) is 32.7 Å². The third-order valence-corrected chi connectivity index (χ3v) is 6.89. The molecule has 0 spiro atoms. The van der Waals surface area contributed by atoms with Crippen LogP contribution in [0.3, 0.4) is 0 Å². The Labute approximate surface area is 188 Å². The zero-order chi connectivity index (χ0) is 23.3. The van der Waals surface area contributed by atoms with Crippen LogP contribution in [0.1, 0.15) is 61.9 Å². The van der Waals surface area contributed by atoms with Crippen molar-refractivity contribution in [3.05, 3.63) is 35.4 Å². The van der Waals surface area contributed by atoms with Crippen LogP contribution in [-0.4, -0.2) is 60.4 Å². The van der Waals surface area contributed by atoms with Crippen LogP contribution in [0.4, 0.5) is 13.2 Å². The van der Waals surface area contributed by atoms with Crippen molar-refractivity contribution >= 4 is 11.8 Å². The predicted octanol–water partition coefficient (Wildman–Crippen LogP) is 4.18. The van der Waals surface area contributed by atoms with Gasteiger partial charge in [-0.15, -0.1) is 0 Å². The molecule has 5 nitrogen and oxygen atoms in total. The van der Waals surface area contributed by atoms with Crippen LogP contribution >= 0.6 is 0 Å². The molecule has 1 saturated carbocycles. The lowest BCUT2D eigenvalue weighted by atomic mass is 9.94. The maximum absolute atomic E-state index is 13.1. The molecule has 2 amide bonds. The van der Waals surface area contributed by atoms with E-state index in [0.717, 1.165) is 44.2 Å². The van der Waals surface area contributed by atoms with E-state index in [-0.39, 0.29) is 23.4 Å². The molecule has 2 fully saturated rings. The number of rotatable bonds is 7. The van der Waals surface area contributed by atoms with Gasteiger partial charge in [0.15, 0.2) is 0 Å². The lowest BCUT2D eigenvalue weighted by Gasteiger charge is -2.41. The number of hydrogen-bond donors (Lipinski definition) is 1. The standard InChI is InChI=1S/C24H34F3N3O2/c1-3-17(2)16-28-22(31)21(18-6-4-5-7-18)29-12-14-30(15-13-29)23(32)19-8-10-20(11-9-19)24(25,26)27/h8-11,17-18,21H,3-7,12-16H2,1-2H3,(H,28,31). The Morgan fingerprint density at radius 3 is 2.19 bits per heavy atom. The first kappa shape index (κ1) is 24.6. The van der Waals surface area contributed by atoms with E-state index >= 15 is 0 Å². The number of nitrogens with zero attached hydrogens (tertiary/aromatic N) is 2. The van der Waals surface area contributed by atoms with Crippen molar-refractivity contribution in [1.29, 1.82) is 0 Å². The summed E-state index contributed by atoms with van der Waals surface area (Å²) in [7, 11) is 0. The van der Waals surface area contributed by atoms with Crippen LogP contribution in [-0.2, 0) is 11.0 Å². The van der Waals surface area contributed by atoms with Gasteiger partial charge in [-0.2, -0.15) is 13.2 Å². The molecule has 0 aromatic heterocycles. The molecule has 1 aliphatic carbocycles. The van der Waals surface area contributed by atoms with Gasteiger partial charge in [0.25, 0.3) is 5.91 Å². The van der Waals surface area contributed by atoms with E-state index in [2.05, 4.69) is 24.1 Å². The van der Waals surface area contributed by atoms with Gasteiger partial charge in [0.05, 0.1) is 11.6 Å². The molecular formula is C24H34F3N3O2. The molecule has 178 valence electrons. The molecule has 8 heteroatoms. The zero-order valence-electron chi connectivity index (χ0n) is 19.0. The molecule has 2 aliphatic rings. The van der Waals surface area contributed by atoms with Crippen LogP contribution in [0.5, 0.6) is 0 Å². The topological polar surface area (TPSA) is 52.7 Å². The summed E-state index contributed by atoms with van der Waals surface area (Å²) in [6, 6.07) is 4.19. The van der Waals surface area contributed by atoms with Gasteiger partial charge in [0.2, 0.25) is 5.91 Å². The molecule has 1 saturated heterocycles. The number of alkyl halides is 3. The molecule has 1 aromatic carbocycles. The van der Waals surface area contributed by atoms with E-state index in [4.69, 9.17) is 0 Å². The van der Waals surface area contributed by atoms with Gasteiger partial charge in [0, 0.05) is 38.3 Å². The zero-order valence-corrected chi connectivity index (χ0v) is 19.0. The smallest absolute Gasteiger partial charge is 0.354 e. The number of carbonyl (C=O) groups excluding carboxylic acids is 2. The Balaban J connectivity index is 1.61. The second-order valence-corrected chi connectivity index (χ2v) is 9.15. The fourth-order valence-corrected chi connectivity index (χ4v) is 4.66. The van der Waals surface area contributed by atoms with Crippen molar-refractivity contribution in [3.8, 4) is 0 Å². The minimum absolute atomic E-state index is 0.0831. The van der Waals surface area contributed by atoms with Crippen LogP contribution < -0.4 is 5.32 Å². The highest BCUT2D eigenvalue weighted by molar-refractivity contribution is 5.94. The number of carbonyl (C=O) groups is 2. The van der Waals surface area contributed by atoms with Gasteiger partial charge in [-0.25, -0.2) is 0 Å². The average Bonchev–Trinajstić information content (AvgIpc) is 3.31. The summed E-state index contributed by atoms with van der Waals surface area (Å²) >= 11 is 0. The lowest BCUT2D eigenvalue weighted by Crippen LogP contribution is -2.58. The van der Waals surface area contributed by atoms with Crippen molar-refractivity contribution in [2.45, 2.75) is 58.2 Å². The van der Waals surface area contributed by atoms with E-state index in [1.165, 1.54) is 12.1 Å². The van der Waals surface area contributed by atoms with Crippen molar-refractivity contribution in [3.63, 3.8) is 0 Å². The molecule has 1 aromatic rings. The van der Waals surface area contributed by atoms with Crippen molar-refractivity contribution < 1.29 is 22.8 Å². The minimum Gasteiger partial charge on any atom is -0.354 e. The maximum atomic E-state index is 13.1. The van der Waals surface area contributed by atoms with E-state index < -0.39 is 11.7 Å². The second kappa shape index (κ2) is 10.7. The third kappa shape index (κ3) is 6.03. The molecular weight excluding hydrogens is 419 g/mol. The Kier molecular flexibility index (Phi) is 8.20. The summed E-state index contributed by atoms with van der Waals surface area (Å²) in [4.78, 5) is 29.7. The highest BCUT2D eigenvalue weighted by Gasteiger charge is 2.37. The summed E-state index contributed by atoms with van der Waals surface area (Å²) in [6.07, 6.45) is 0.980. The predicted molar refractivity (Wildman–Crippen MR) is 117 cm³/mol. The van der Waals surface area contributed by atoms with Crippen LogP contribution in [0, 0.1) is 11.8 Å². The second-order valence-electron chi connectivity index (χ2n) is 9.15. The number of piperazine rings is 1. The Morgan fingerprint density at radius 2 is 1.66 bits per heavy atom. The fraction of sp³-hybridized carbons (Fsp3) is 0.667. The third-order valence-electron chi connectivity index (χ3n) is 6.89. The molecule has 32 heavy (non-hydrogen) atoms. The normalized spacial score (nSPS) is 20.2. The largest absolute Gasteiger partial charge is 0.416 e. The van der Waals surface area contributed by atoms with Crippen LogP contribution in [0.25, 0.3) is 0 Å². The molecule has 1 heterocycles. The van der Waals surface area contributed by atoms with Gasteiger partial charge in [-0.05, 0) is 48.9 Å². The highest BCUT2D eigenvalue weighted by Crippen LogP contribution is 2.32. The minimum atomic E-state index is -4.42. The van der Waals surface area contributed by atoms with Crippen molar-refractivity contribution in [2.24, 2.45) is 11.8 Å². The first-order chi connectivity index (χ1) is 15.2. The van der Waals surface area contributed by atoms with E-state index in [1.807, 2.05) is 0 Å². The molecule has 0 radical (unpaired) electrons. The highest BCUT2D eigenvalue weighted by atomic mass is 19.4. The Hall–Kier alpha value is -2.09. The van der Waals surface area contributed by atoms with Gasteiger partial charge in [-0.3, -0.25) is 14.5 Å². The lowest BCUT2D eigenvalue weighted by molar-refractivity contribution is -0.137. The summed E-state index contributed by atoms with van der Waals surface area (Å²) < 4.78 is 38.3. The number of hydrogen-bond acceptors (Lipinski definition) is 3. The monoisotopic (exact) mass is 453 g/mol. The number of nitrogens with one attached hydrogen (secondary N) is 1. The Morgan fingerprint density at radius 1 is 1.06 bits per heavy atom. The average molecular weight is 454 g/mol. The van der Waals surface area contributed by atoms with E-state index in [0.29, 0.717) is 44.6 Å². The van der Waals surface area contributed by atoms with Crippen LogP contribution in [0.15, 0.2) is 24.3 Å². The van der Waals surface area contributed by atoms with Gasteiger partial charge in [0.1, 0.15) is 0 Å². The summed E-state index contributed by atoms with van der Waals surface area (Å²) in [5, 5.41) is 3.13. The number of halogens is 3. The fourth-order valence-electron chi connectivity index (χ4n) is 4.66. The summed E-state index contributed by atoms with van der Waals surface area (Å²) in [5.74, 6) is 0.585. The van der Waals surface area contributed by atoms with E-state index in [9.17, 15) is 22.8 Å². The molecule has 2 atom stereocenters. The number of benzene rings is 1. The Bertz CT molecular complexity index is 768. The SMILES string of the molecule is CCC(C)CNC(=O)C(C1CCCC1)N1CCN(C(=O)c2ccc(C(F)(F)F)cc2)CC1. The van der Waals surface area contributed by atoms with Gasteiger partial charge < -0.3 is 10.2 Å². The number of amides is 2. The van der Waals surface area contributed by atoms with E-state index in [1.54, 1.807) is 4.90 Å². The molecule has 0 bridgehead atoms. The molecule has 1 aliphatic heterocycles. The molecule has 1 N–H and O–H groups in total. The quantitative estimate of drug-likeness (QED) is 0.674. The first-order valence-corrected chi connectivity index (χ1v) is 11.7. The maximum Gasteiger partial charge on any atom is 0.416 e.